The van der Waals surface area contributed by atoms with Crippen LogP contribution < -0.4 is 5.32 Å². The Morgan fingerprint density at radius 1 is 1.18 bits per heavy atom. The standard InChI is InChI=1S/C25H31NO2/c1-5-9-18-12-13-20-14-15-23(26-24(27)28-25(2,3)4)22(21(20)16-18)17-19-10-7-6-8-11-19/h5-8,10-13,16,22-23H,1,9,14-15,17H2,2-4H3,(H,26,27). The highest BCUT2D eigenvalue weighted by molar-refractivity contribution is 5.68. The van der Waals surface area contributed by atoms with Crippen LogP contribution in [0.15, 0.2) is 61.2 Å². The molecule has 3 rings (SSSR count). The molecule has 1 amide bonds. The fourth-order valence-corrected chi connectivity index (χ4v) is 3.99. The number of fused-ring (bicyclic) bond motifs is 1. The van der Waals surface area contributed by atoms with Crippen molar-refractivity contribution < 1.29 is 9.53 Å². The SMILES string of the molecule is C=CCc1ccc2c(c1)C(Cc1ccccc1)C(NC(=O)OC(C)(C)C)CC2. The van der Waals surface area contributed by atoms with Crippen LogP contribution in [-0.2, 0) is 24.0 Å². The van der Waals surface area contributed by atoms with Gasteiger partial charge >= 0.3 is 6.09 Å². The molecule has 1 aliphatic rings. The second-order valence-electron chi connectivity index (χ2n) is 8.61. The normalized spacial score (nSPS) is 18.8. The topological polar surface area (TPSA) is 38.3 Å². The molecular formula is C25H31NO2. The molecular weight excluding hydrogens is 346 g/mol. The van der Waals surface area contributed by atoms with E-state index in [0.29, 0.717) is 0 Å². The summed E-state index contributed by atoms with van der Waals surface area (Å²) in [5.41, 5.74) is 4.78. The van der Waals surface area contributed by atoms with E-state index in [1.807, 2.05) is 32.9 Å². The molecule has 148 valence electrons. The maximum absolute atomic E-state index is 12.5. The van der Waals surface area contributed by atoms with Crippen LogP contribution in [0.3, 0.4) is 0 Å². The van der Waals surface area contributed by atoms with E-state index < -0.39 is 5.60 Å². The molecule has 0 heterocycles. The third-order valence-corrected chi connectivity index (χ3v) is 5.20. The first-order chi connectivity index (χ1) is 13.4. The van der Waals surface area contributed by atoms with Gasteiger partial charge in [-0.25, -0.2) is 4.79 Å². The number of amides is 1. The summed E-state index contributed by atoms with van der Waals surface area (Å²) in [5.74, 6) is 0.225. The second kappa shape index (κ2) is 8.64. The predicted octanol–water partition coefficient (Wildman–Crippen LogP) is 5.58. The van der Waals surface area contributed by atoms with E-state index >= 15 is 0 Å². The van der Waals surface area contributed by atoms with Crippen molar-refractivity contribution >= 4 is 6.09 Å². The molecule has 3 heteroatoms. The van der Waals surface area contributed by atoms with Crippen LogP contribution >= 0.6 is 0 Å². The molecule has 0 aliphatic heterocycles. The van der Waals surface area contributed by atoms with Gasteiger partial charge in [0.25, 0.3) is 0 Å². The molecule has 2 aromatic rings. The van der Waals surface area contributed by atoms with Crippen LogP contribution in [0.4, 0.5) is 4.79 Å². The van der Waals surface area contributed by atoms with Crippen molar-refractivity contribution in [3.05, 3.63) is 83.4 Å². The summed E-state index contributed by atoms with van der Waals surface area (Å²) >= 11 is 0. The minimum atomic E-state index is -0.497. The third-order valence-electron chi connectivity index (χ3n) is 5.20. The van der Waals surface area contributed by atoms with E-state index in [4.69, 9.17) is 4.74 Å². The molecule has 0 spiro atoms. The molecule has 0 saturated heterocycles. The zero-order chi connectivity index (χ0) is 20.1. The van der Waals surface area contributed by atoms with Crippen LogP contribution in [0.2, 0.25) is 0 Å². The van der Waals surface area contributed by atoms with Crippen LogP contribution in [0.25, 0.3) is 0 Å². The number of carbonyl (C=O) groups excluding carboxylic acids is 1. The summed E-state index contributed by atoms with van der Waals surface area (Å²) in [6.07, 6.45) is 5.25. The minimum Gasteiger partial charge on any atom is -0.444 e. The fourth-order valence-electron chi connectivity index (χ4n) is 3.99. The number of benzene rings is 2. The molecule has 0 radical (unpaired) electrons. The van der Waals surface area contributed by atoms with Crippen molar-refractivity contribution in [3.63, 3.8) is 0 Å². The Morgan fingerprint density at radius 3 is 2.61 bits per heavy atom. The van der Waals surface area contributed by atoms with Crippen molar-refractivity contribution in [2.75, 3.05) is 0 Å². The van der Waals surface area contributed by atoms with E-state index in [2.05, 4.69) is 54.4 Å². The van der Waals surface area contributed by atoms with E-state index in [9.17, 15) is 4.79 Å². The van der Waals surface area contributed by atoms with Gasteiger partial charge in [-0.1, -0.05) is 54.6 Å². The molecule has 3 nitrogen and oxygen atoms in total. The van der Waals surface area contributed by atoms with Gasteiger partial charge in [0, 0.05) is 12.0 Å². The summed E-state index contributed by atoms with van der Waals surface area (Å²) in [6, 6.07) is 17.3. The van der Waals surface area contributed by atoms with Crippen molar-refractivity contribution in [2.24, 2.45) is 0 Å². The lowest BCUT2D eigenvalue weighted by Gasteiger charge is -2.35. The average Bonchev–Trinajstić information content (AvgIpc) is 2.63. The number of hydrogen-bond acceptors (Lipinski definition) is 2. The highest BCUT2D eigenvalue weighted by Crippen LogP contribution is 2.35. The minimum absolute atomic E-state index is 0.0570. The lowest BCUT2D eigenvalue weighted by atomic mass is 9.75. The Kier molecular flexibility index (Phi) is 6.23. The monoisotopic (exact) mass is 377 g/mol. The Bertz CT molecular complexity index is 820. The van der Waals surface area contributed by atoms with Gasteiger partial charge in [-0.15, -0.1) is 6.58 Å². The highest BCUT2D eigenvalue weighted by atomic mass is 16.6. The van der Waals surface area contributed by atoms with E-state index in [1.165, 1.54) is 22.3 Å². The van der Waals surface area contributed by atoms with Gasteiger partial charge in [0.2, 0.25) is 0 Å². The fraction of sp³-hybridized carbons (Fsp3) is 0.400. The Labute approximate surface area is 168 Å². The summed E-state index contributed by atoms with van der Waals surface area (Å²) in [6.45, 7) is 9.55. The van der Waals surface area contributed by atoms with E-state index in [-0.39, 0.29) is 18.1 Å². The number of nitrogens with one attached hydrogen (secondary N) is 1. The third kappa shape index (κ3) is 5.25. The van der Waals surface area contributed by atoms with Gasteiger partial charge in [0.05, 0.1) is 0 Å². The Morgan fingerprint density at radius 2 is 1.93 bits per heavy atom. The van der Waals surface area contributed by atoms with Crippen molar-refractivity contribution in [1.82, 2.24) is 5.32 Å². The summed E-state index contributed by atoms with van der Waals surface area (Å²) in [5, 5.41) is 3.16. The maximum atomic E-state index is 12.5. The van der Waals surface area contributed by atoms with Gasteiger partial charge in [-0.2, -0.15) is 0 Å². The maximum Gasteiger partial charge on any atom is 0.407 e. The summed E-state index contributed by atoms with van der Waals surface area (Å²) in [7, 11) is 0. The van der Waals surface area contributed by atoms with Crippen LogP contribution in [0, 0.1) is 0 Å². The lowest BCUT2D eigenvalue weighted by Crippen LogP contribution is -2.44. The van der Waals surface area contributed by atoms with Gasteiger partial charge < -0.3 is 10.1 Å². The Balaban J connectivity index is 1.89. The van der Waals surface area contributed by atoms with E-state index in [0.717, 1.165) is 25.7 Å². The zero-order valence-corrected chi connectivity index (χ0v) is 17.2. The first-order valence-corrected chi connectivity index (χ1v) is 10.1. The van der Waals surface area contributed by atoms with Crippen molar-refractivity contribution in [2.45, 2.75) is 64.0 Å². The molecule has 1 aliphatic carbocycles. The van der Waals surface area contributed by atoms with E-state index in [1.54, 1.807) is 0 Å². The van der Waals surface area contributed by atoms with Crippen molar-refractivity contribution in [3.8, 4) is 0 Å². The molecule has 28 heavy (non-hydrogen) atoms. The molecule has 1 N–H and O–H groups in total. The number of alkyl carbamates (subject to hydrolysis) is 1. The summed E-state index contributed by atoms with van der Waals surface area (Å²) in [4.78, 5) is 12.5. The quantitative estimate of drug-likeness (QED) is 0.691. The number of ether oxygens (including phenoxy) is 1. The number of aryl methyl sites for hydroxylation is 1. The molecule has 0 aromatic heterocycles. The first-order valence-electron chi connectivity index (χ1n) is 10.1. The molecule has 2 aromatic carbocycles. The first kappa shape index (κ1) is 20.2. The largest absolute Gasteiger partial charge is 0.444 e. The Hall–Kier alpha value is -2.55. The average molecular weight is 378 g/mol. The highest BCUT2D eigenvalue weighted by Gasteiger charge is 2.32. The van der Waals surface area contributed by atoms with Gasteiger partial charge in [-0.05, 0) is 68.7 Å². The van der Waals surface area contributed by atoms with Crippen LogP contribution in [-0.4, -0.2) is 17.7 Å². The van der Waals surface area contributed by atoms with Crippen LogP contribution in [0.5, 0.6) is 0 Å². The van der Waals surface area contributed by atoms with Crippen molar-refractivity contribution in [1.29, 1.82) is 0 Å². The molecule has 0 saturated carbocycles. The predicted molar refractivity (Wildman–Crippen MR) is 115 cm³/mol. The molecule has 0 fully saturated rings. The molecule has 2 unspecified atom stereocenters. The van der Waals surface area contributed by atoms with Gasteiger partial charge in [0.1, 0.15) is 5.60 Å². The number of rotatable bonds is 5. The molecule has 2 atom stereocenters. The zero-order valence-electron chi connectivity index (χ0n) is 17.2. The van der Waals surface area contributed by atoms with Crippen LogP contribution in [0.1, 0.15) is 55.4 Å². The number of carbonyl (C=O) groups is 1. The number of allylic oxidation sites excluding steroid dienone is 1. The second-order valence-corrected chi connectivity index (χ2v) is 8.61. The van der Waals surface area contributed by atoms with Gasteiger partial charge in [-0.3, -0.25) is 0 Å². The number of hydrogen-bond donors (Lipinski definition) is 1. The lowest BCUT2D eigenvalue weighted by molar-refractivity contribution is 0.0491. The summed E-state index contributed by atoms with van der Waals surface area (Å²) < 4.78 is 5.53. The molecule has 0 bridgehead atoms. The van der Waals surface area contributed by atoms with Gasteiger partial charge in [0.15, 0.2) is 0 Å². The smallest absolute Gasteiger partial charge is 0.407 e.